The number of aliphatic carboxylic acids is 1. The van der Waals surface area contributed by atoms with Crippen LogP contribution < -0.4 is 5.32 Å². The third kappa shape index (κ3) is 5.90. The zero-order chi connectivity index (χ0) is 11.8. The number of amides is 2. The van der Waals surface area contributed by atoms with E-state index in [-0.39, 0.29) is 19.2 Å². The normalized spacial score (nSPS) is 11.9. The number of likely N-dealkylation sites (N-methyl/N-ethyl adjacent to an activating group) is 1. The van der Waals surface area contributed by atoms with E-state index in [0.717, 1.165) is 0 Å². The molecule has 0 aromatic carbocycles. The molecule has 6 heteroatoms. The van der Waals surface area contributed by atoms with E-state index in [2.05, 4.69) is 5.32 Å². The van der Waals surface area contributed by atoms with Gasteiger partial charge in [-0.1, -0.05) is 6.92 Å². The maximum Gasteiger partial charge on any atom is 0.317 e. The van der Waals surface area contributed by atoms with Crippen LogP contribution >= 0.6 is 0 Å². The van der Waals surface area contributed by atoms with Gasteiger partial charge in [-0.05, 0) is 6.42 Å². The second-order valence-corrected chi connectivity index (χ2v) is 3.41. The first-order valence-corrected chi connectivity index (χ1v) is 4.81. The van der Waals surface area contributed by atoms with Crippen molar-refractivity contribution in [3.63, 3.8) is 0 Å². The fourth-order valence-electron chi connectivity index (χ4n) is 0.906. The summed E-state index contributed by atoms with van der Waals surface area (Å²) in [6.07, 6.45) is 0.397. The maximum atomic E-state index is 11.2. The summed E-state index contributed by atoms with van der Waals surface area (Å²) < 4.78 is 0. The van der Waals surface area contributed by atoms with Gasteiger partial charge in [0, 0.05) is 20.1 Å². The van der Waals surface area contributed by atoms with Gasteiger partial charge in [-0.15, -0.1) is 0 Å². The fraction of sp³-hybridized carbons (Fsp3) is 0.778. The van der Waals surface area contributed by atoms with Gasteiger partial charge in [0.1, 0.15) is 0 Å². The molecule has 0 heterocycles. The zero-order valence-corrected chi connectivity index (χ0v) is 9.06. The van der Waals surface area contributed by atoms with Crippen LogP contribution in [-0.2, 0) is 4.79 Å². The SMILES string of the molecule is CC(CCNC(=O)N(C)CCO)C(=O)O. The molecule has 0 aliphatic heterocycles. The molecule has 15 heavy (non-hydrogen) atoms. The van der Waals surface area contributed by atoms with Crippen LogP contribution in [0.4, 0.5) is 4.79 Å². The number of aliphatic hydroxyl groups is 1. The van der Waals surface area contributed by atoms with Gasteiger partial charge >= 0.3 is 12.0 Å². The summed E-state index contributed by atoms with van der Waals surface area (Å²) in [6, 6.07) is -0.304. The molecule has 1 unspecified atom stereocenters. The molecule has 0 spiro atoms. The molecule has 2 amide bonds. The molecule has 0 aromatic rings. The Morgan fingerprint density at radius 2 is 2.07 bits per heavy atom. The van der Waals surface area contributed by atoms with E-state index in [4.69, 9.17) is 10.2 Å². The van der Waals surface area contributed by atoms with Crippen molar-refractivity contribution in [3.8, 4) is 0 Å². The summed E-state index contributed by atoms with van der Waals surface area (Å²) in [6.45, 7) is 2.09. The van der Waals surface area contributed by atoms with Gasteiger partial charge in [0.05, 0.1) is 12.5 Å². The van der Waals surface area contributed by atoms with Crippen LogP contribution in [0.3, 0.4) is 0 Å². The molecule has 0 saturated heterocycles. The van der Waals surface area contributed by atoms with Crippen LogP contribution in [0.15, 0.2) is 0 Å². The van der Waals surface area contributed by atoms with Crippen LogP contribution in [0.25, 0.3) is 0 Å². The lowest BCUT2D eigenvalue weighted by atomic mass is 10.1. The van der Waals surface area contributed by atoms with E-state index in [9.17, 15) is 9.59 Å². The number of carboxylic acids is 1. The number of nitrogens with zero attached hydrogens (tertiary/aromatic N) is 1. The van der Waals surface area contributed by atoms with Gasteiger partial charge in [0.15, 0.2) is 0 Å². The highest BCUT2D eigenvalue weighted by Gasteiger charge is 2.12. The first kappa shape index (κ1) is 13.7. The first-order chi connectivity index (χ1) is 6.99. The Kier molecular flexibility index (Phi) is 6.44. The molecule has 3 N–H and O–H groups in total. The highest BCUT2D eigenvalue weighted by atomic mass is 16.4. The number of carboxylic acid groups (broad SMARTS) is 1. The van der Waals surface area contributed by atoms with Crippen molar-refractivity contribution in [2.24, 2.45) is 5.92 Å². The maximum absolute atomic E-state index is 11.2. The molecule has 6 nitrogen and oxygen atoms in total. The number of rotatable bonds is 6. The molecule has 1 atom stereocenters. The minimum atomic E-state index is -0.868. The molecule has 0 bridgehead atoms. The second-order valence-electron chi connectivity index (χ2n) is 3.41. The minimum absolute atomic E-state index is 0.0878. The molecule has 0 saturated carbocycles. The average Bonchev–Trinajstić information content (AvgIpc) is 2.17. The van der Waals surface area contributed by atoms with Crippen molar-refractivity contribution >= 4 is 12.0 Å². The van der Waals surface area contributed by atoms with E-state index in [1.54, 1.807) is 14.0 Å². The summed E-state index contributed by atoms with van der Waals surface area (Å²) in [7, 11) is 1.56. The fourth-order valence-corrected chi connectivity index (χ4v) is 0.906. The van der Waals surface area contributed by atoms with Crippen LogP contribution in [0, 0.1) is 5.92 Å². The van der Waals surface area contributed by atoms with Crippen molar-refractivity contribution in [2.75, 3.05) is 26.7 Å². The number of carbonyl (C=O) groups is 2. The Labute approximate surface area is 88.9 Å². The van der Waals surface area contributed by atoms with Crippen LogP contribution in [-0.4, -0.2) is 53.9 Å². The Morgan fingerprint density at radius 1 is 1.47 bits per heavy atom. The summed E-state index contributed by atoms with van der Waals surface area (Å²) in [5.74, 6) is -1.33. The molecule has 0 aliphatic carbocycles. The Balaban J connectivity index is 3.67. The Bertz CT molecular complexity index is 220. The molecular weight excluding hydrogens is 200 g/mol. The predicted molar refractivity (Wildman–Crippen MR) is 54.5 cm³/mol. The monoisotopic (exact) mass is 218 g/mol. The summed E-state index contributed by atoms with van der Waals surface area (Å²) >= 11 is 0. The third-order valence-corrected chi connectivity index (χ3v) is 2.06. The number of hydrogen-bond acceptors (Lipinski definition) is 3. The van der Waals surface area contributed by atoms with E-state index in [1.165, 1.54) is 4.90 Å². The van der Waals surface area contributed by atoms with E-state index >= 15 is 0 Å². The lowest BCUT2D eigenvalue weighted by Gasteiger charge is -2.16. The average molecular weight is 218 g/mol. The van der Waals surface area contributed by atoms with Crippen LogP contribution in [0.1, 0.15) is 13.3 Å². The topological polar surface area (TPSA) is 89.9 Å². The summed E-state index contributed by atoms with van der Waals surface area (Å²) in [5, 5.41) is 19.7. The quantitative estimate of drug-likeness (QED) is 0.572. The minimum Gasteiger partial charge on any atom is -0.481 e. The molecular formula is C9H18N2O4. The van der Waals surface area contributed by atoms with E-state index < -0.39 is 11.9 Å². The van der Waals surface area contributed by atoms with Gasteiger partial charge < -0.3 is 20.4 Å². The van der Waals surface area contributed by atoms with Crippen molar-refractivity contribution in [1.82, 2.24) is 10.2 Å². The van der Waals surface area contributed by atoms with Crippen molar-refractivity contribution in [1.29, 1.82) is 0 Å². The number of hydrogen-bond donors (Lipinski definition) is 3. The predicted octanol–water partition coefficient (Wildman–Crippen LogP) is -0.269. The summed E-state index contributed by atoms with van der Waals surface area (Å²) in [4.78, 5) is 23.0. The van der Waals surface area contributed by atoms with Crippen molar-refractivity contribution in [2.45, 2.75) is 13.3 Å². The molecule has 0 aliphatic rings. The second kappa shape index (κ2) is 7.05. The van der Waals surface area contributed by atoms with Gasteiger partial charge in [-0.25, -0.2) is 4.79 Å². The first-order valence-electron chi connectivity index (χ1n) is 4.81. The van der Waals surface area contributed by atoms with Crippen LogP contribution in [0.2, 0.25) is 0 Å². The highest BCUT2D eigenvalue weighted by molar-refractivity contribution is 5.74. The highest BCUT2D eigenvalue weighted by Crippen LogP contribution is 1.99. The molecule has 88 valence electrons. The van der Waals surface area contributed by atoms with Crippen LogP contribution in [0.5, 0.6) is 0 Å². The van der Waals surface area contributed by atoms with Gasteiger partial charge in [-0.2, -0.15) is 0 Å². The third-order valence-electron chi connectivity index (χ3n) is 2.06. The molecule has 0 aromatic heterocycles. The lowest BCUT2D eigenvalue weighted by molar-refractivity contribution is -0.141. The molecule has 0 rings (SSSR count). The smallest absolute Gasteiger partial charge is 0.317 e. The van der Waals surface area contributed by atoms with Gasteiger partial charge in [0.25, 0.3) is 0 Å². The largest absolute Gasteiger partial charge is 0.481 e. The molecule has 0 fully saturated rings. The van der Waals surface area contributed by atoms with E-state index in [1.807, 2.05) is 0 Å². The number of urea groups is 1. The lowest BCUT2D eigenvalue weighted by Crippen LogP contribution is -2.39. The number of carbonyl (C=O) groups excluding carboxylic acids is 1. The Morgan fingerprint density at radius 3 is 2.53 bits per heavy atom. The van der Waals surface area contributed by atoms with E-state index in [0.29, 0.717) is 13.0 Å². The van der Waals surface area contributed by atoms with Crippen molar-refractivity contribution in [3.05, 3.63) is 0 Å². The van der Waals surface area contributed by atoms with Gasteiger partial charge in [-0.3, -0.25) is 4.79 Å². The number of nitrogens with one attached hydrogen (secondary N) is 1. The Hall–Kier alpha value is -1.30. The summed E-state index contributed by atoms with van der Waals surface area (Å²) in [5.41, 5.74) is 0. The molecule has 0 radical (unpaired) electrons. The zero-order valence-electron chi connectivity index (χ0n) is 9.06. The standard InChI is InChI=1S/C9H18N2O4/c1-7(8(13)14)3-4-10-9(15)11(2)5-6-12/h7,12H,3-6H2,1-2H3,(H,10,15)(H,13,14). The number of aliphatic hydroxyl groups excluding tert-OH is 1. The van der Waals surface area contributed by atoms with Gasteiger partial charge in [0.2, 0.25) is 0 Å². The van der Waals surface area contributed by atoms with Crippen molar-refractivity contribution < 1.29 is 19.8 Å².